The summed E-state index contributed by atoms with van der Waals surface area (Å²) in [5.74, 6) is 2.83. The lowest BCUT2D eigenvalue weighted by Crippen LogP contribution is -2.04. The van der Waals surface area contributed by atoms with Gasteiger partial charge in [-0.25, -0.2) is 0 Å². The number of unbranched alkanes of at least 4 members (excludes halogenated alkanes) is 1. The molecule has 1 heterocycles. The molecule has 0 aliphatic rings. The molecule has 0 N–H and O–H groups in total. The smallest absolute Gasteiger partial charge is 0.191 e. The molecule has 0 saturated heterocycles. The van der Waals surface area contributed by atoms with Gasteiger partial charge < -0.3 is 9.30 Å². The van der Waals surface area contributed by atoms with Gasteiger partial charge in [-0.2, -0.15) is 0 Å². The van der Waals surface area contributed by atoms with Crippen LogP contribution in [0, 0.1) is 0 Å². The summed E-state index contributed by atoms with van der Waals surface area (Å²) in [6, 6.07) is 7.17. The first kappa shape index (κ1) is 18.5. The summed E-state index contributed by atoms with van der Waals surface area (Å²) in [6.45, 7) is 5.88. The average Bonchev–Trinajstić information content (AvgIpc) is 3.02. The van der Waals surface area contributed by atoms with Gasteiger partial charge in [-0.1, -0.05) is 25.1 Å². The number of hydrogen-bond acceptors (Lipinski definition) is 5. The lowest BCUT2D eigenvalue weighted by Gasteiger charge is -2.08. The Kier molecular flexibility index (Phi) is 7.82. The SMILES string of the molecule is CCCCc1nnc(SCCCOc2ccc(C=O)cc2)n1CC. The minimum atomic E-state index is 0.649. The van der Waals surface area contributed by atoms with E-state index in [2.05, 4.69) is 28.6 Å². The number of ether oxygens (including phenoxy) is 1. The fourth-order valence-corrected chi connectivity index (χ4v) is 3.25. The second-order valence-electron chi connectivity index (χ2n) is 5.48. The molecule has 0 saturated carbocycles. The molecule has 2 rings (SSSR count). The minimum Gasteiger partial charge on any atom is -0.494 e. The number of thioether (sulfide) groups is 1. The van der Waals surface area contributed by atoms with Gasteiger partial charge in [-0.05, 0) is 44.0 Å². The van der Waals surface area contributed by atoms with E-state index in [0.717, 1.165) is 54.6 Å². The van der Waals surface area contributed by atoms with Crippen LogP contribution in [-0.4, -0.2) is 33.4 Å². The van der Waals surface area contributed by atoms with E-state index in [4.69, 9.17) is 4.74 Å². The summed E-state index contributed by atoms with van der Waals surface area (Å²) in [6.07, 6.45) is 5.08. The third kappa shape index (κ3) is 5.37. The van der Waals surface area contributed by atoms with Crippen molar-refractivity contribution in [3.63, 3.8) is 0 Å². The van der Waals surface area contributed by atoms with Crippen molar-refractivity contribution in [3.05, 3.63) is 35.7 Å². The highest BCUT2D eigenvalue weighted by Gasteiger charge is 2.10. The molecular weight excluding hydrogens is 322 g/mol. The Hall–Kier alpha value is -1.82. The largest absolute Gasteiger partial charge is 0.494 e. The Morgan fingerprint density at radius 2 is 1.96 bits per heavy atom. The molecule has 0 aliphatic carbocycles. The minimum absolute atomic E-state index is 0.649. The lowest BCUT2D eigenvalue weighted by molar-refractivity contribution is 0.112. The van der Waals surface area contributed by atoms with E-state index in [1.54, 1.807) is 23.9 Å². The molecule has 0 amide bonds. The van der Waals surface area contributed by atoms with Crippen molar-refractivity contribution in [3.8, 4) is 5.75 Å². The summed E-state index contributed by atoms with van der Waals surface area (Å²) >= 11 is 1.73. The first-order chi connectivity index (χ1) is 11.8. The Balaban J connectivity index is 1.73. The van der Waals surface area contributed by atoms with E-state index in [1.807, 2.05) is 12.1 Å². The highest BCUT2D eigenvalue weighted by atomic mass is 32.2. The molecular formula is C18H25N3O2S. The van der Waals surface area contributed by atoms with Crippen molar-refractivity contribution in [2.75, 3.05) is 12.4 Å². The number of rotatable bonds is 11. The quantitative estimate of drug-likeness (QED) is 0.349. The van der Waals surface area contributed by atoms with Gasteiger partial charge in [0, 0.05) is 24.3 Å². The third-order valence-electron chi connectivity index (χ3n) is 3.67. The molecule has 0 aliphatic heterocycles. The van der Waals surface area contributed by atoms with Crippen LogP contribution in [0.5, 0.6) is 5.75 Å². The zero-order valence-electron chi connectivity index (χ0n) is 14.4. The van der Waals surface area contributed by atoms with Gasteiger partial charge in [0.1, 0.15) is 17.9 Å². The molecule has 0 fully saturated rings. The molecule has 0 unspecified atom stereocenters. The number of aryl methyl sites for hydroxylation is 1. The van der Waals surface area contributed by atoms with Crippen molar-refractivity contribution in [2.45, 2.75) is 51.2 Å². The Morgan fingerprint density at radius 3 is 2.62 bits per heavy atom. The predicted molar refractivity (Wildman–Crippen MR) is 97.0 cm³/mol. The second-order valence-corrected chi connectivity index (χ2v) is 6.55. The summed E-state index contributed by atoms with van der Waals surface area (Å²) in [7, 11) is 0. The van der Waals surface area contributed by atoms with Crippen LogP contribution in [0.1, 0.15) is 49.3 Å². The first-order valence-electron chi connectivity index (χ1n) is 8.51. The zero-order valence-corrected chi connectivity index (χ0v) is 15.2. The van der Waals surface area contributed by atoms with E-state index in [0.29, 0.717) is 12.2 Å². The molecule has 130 valence electrons. The number of benzene rings is 1. The van der Waals surface area contributed by atoms with E-state index in [-0.39, 0.29) is 0 Å². The molecule has 5 nitrogen and oxygen atoms in total. The lowest BCUT2D eigenvalue weighted by atomic mass is 10.2. The van der Waals surface area contributed by atoms with Crippen molar-refractivity contribution in [2.24, 2.45) is 0 Å². The molecule has 1 aromatic carbocycles. The maximum absolute atomic E-state index is 10.6. The van der Waals surface area contributed by atoms with Crippen molar-refractivity contribution < 1.29 is 9.53 Å². The third-order valence-corrected chi connectivity index (χ3v) is 4.72. The van der Waals surface area contributed by atoms with Gasteiger partial charge in [-0.3, -0.25) is 4.79 Å². The van der Waals surface area contributed by atoms with Crippen LogP contribution in [-0.2, 0) is 13.0 Å². The highest BCUT2D eigenvalue weighted by Crippen LogP contribution is 2.19. The Labute approximate surface area is 147 Å². The number of aldehydes is 1. The maximum atomic E-state index is 10.6. The fourth-order valence-electron chi connectivity index (χ4n) is 2.32. The van der Waals surface area contributed by atoms with Crippen molar-refractivity contribution in [1.29, 1.82) is 0 Å². The van der Waals surface area contributed by atoms with Gasteiger partial charge in [0.15, 0.2) is 5.16 Å². The molecule has 0 spiro atoms. The van der Waals surface area contributed by atoms with Gasteiger partial charge in [0.2, 0.25) is 0 Å². The monoisotopic (exact) mass is 347 g/mol. The van der Waals surface area contributed by atoms with Crippen LogP contribution in [0.3, 0.4) is 0 Å². The molecule has 0 atom stereocenters. The molecule has 2 aromatic rings. The second kappa shape index (κ2) is 10.1. The zero-order chi connectivity index (χ0) is 17.2. The van der Waals surface area contributed by atoms with Crippen LogP contribution in [0.25, 0.3) is 0 Å². The summed E-state index contributed by atoms with van der Waals surface area (Å²) in [5, 5.41) is 9.64. The Morgan fingerprint density at radius 1 is 1.17 bits per heavy atom. The number of nitrogens with zero attached hydrogens (tertiary/aromatic N) is 3. The van der Waals surface area contributed by atoms with E-state index >= 15 is 0 Å². The number of hydrogen-bond donors (Lipinski definition) is 0. The van der Waals surface area contributed by atoms with Crippen LogP contribution >= 0.6 is 11.8 Å². The molecule has 0 radical (unpaired) electrons. The first-order valence-corrected chi connectivity index (χ1v) is 9.50. The average molecular weight is 347 g/mol. The number of carbonyl (C=O) groups excluding carboxylic acids is 1. The topological polar surface area (TPSA) is 57.0 Å². The van der Waals surface area contributed by atoms with Crippen molar-refractivity contribution >= 4 is 18.0 Å². The summed E-state index contributed by atoms with van der Waals surface area (Å²) < 4.78 is 7.89. The van der Waals surface area contributed by atoms with Gasteiger partial charge in [0.05, 0.1) is 6.61 Å². The molecule has 0 bridgehead atoms. The number of carbonyl (C=O) groups is 1. The van der Waals surface area contributed by atoms with E-state index in [1.165, 1.54) is 6.42 Å². The summed E-state index contributed by atoms with van der Waals surface area (Å²) in [4.78, 5) is 10.6. The van der Waals surface area contributed by atoms with Crippen LogP contribution in [0.4, 0.5) is 0 Å². The van der Waals surface area contributed by atoms with E-state index < -0.39 is 0 Å². The number of aromatic nitrogens is 3. The van der Waals surface area contributed by atoms with Crippen LogP contribution in [0.15, 0.2) is 29.4 Å². The fraction of sp³-hybridized carbons (Fsp3) is 0.500. The standard InChI is InChI=1S/C18H25N3O2S/c1-3-5-7-17-19-20-18(21(17)4-2)24-13-6-12-23-16-10-8-15(14-22)9-11-16/h8-11,14H,3-7,12-13H2,1-2H3. The summed E-state index contributed by atoms with van der Waals surface area (Å²) in [5.41, 5.74) is 0.663. The van der Waals surface area contributed by atoms with E-state index in [9.17, 15) is 4.79 Å². The van der Waals surface area contributed by atoms with Crippen molar-refractivity contribution in [1.82, 2.24) is 14.8 Å². The predicted octanol–water partition coefficient (Wildman–Crippen LogP) is 4.01. The maximum Gasteiger partial charge on any atom is 0.191 e. The van der Waals surface area contributed by atoms with Gasteiger partial charge >= 0.3 is 0 Å². The molecule has 6 heteroatoms. The van der Waals surface area contributed by atoms with Gasteiger partial charge in [0.25, 0.3) is 0 Å². The Bertz CT molecular complexity index is 626. The normalized spacial score (nSPS) is 10.8. The van der Waals surface area contributed by atoms with Crippen LogP contribution in [0.2, 0.25) is 0 Å². The van der Waals surface area contributed by atoms with Crippen LogP contribution < -0.4 is 4.74 Å². The van der Waals surface area contributed by atoms with Gasteiger partial charge in [-0.15, -0.1) is 10.2 Å². The molecule has 1 aromatic heterocycles. The molecule has 24 heavy (non-hydrogen) atoms. The highest BCUT2D eigenvalue weighted by molar-refractivity contribution is 7.99.